The molecule has 1 aromatic carbocycles. The molecule has 0 bridgehead atoms. The van der Waals surface area contributed by atoms with Crippen molar-refractivity contribution in [1.29, 1.82) is 0 Å². The van der Waals surface area contributed by atoms with E-state index in [1.807, 2.05) is 13.1 Å². The van der Waals surface area contributed by atoms with Crippen LogP contribution in [0.2, 0.25) is 0 Å². The van der Waals surface area contributed by atoms with Crippen molar-refractivity contribution in [2.24, 2.45) is 7.05 Å². The molecule has 0 aliphatic rings. The Balaban J connectivity index is 1.79. The second kappa shape index (κ2) is 7.16. The number of ether oxygens (including phenoxy) is 1. The van der Waals surface area contributed by atoms with Crippen LogP contribution in [-0.2, 0) is 11.8 Å². The summed E-state index contributed by atoms with van der Waals surface area (Å²) >= 11 is 0. The molecule has 1 atom stereocenters. The predicted octanol–water partition coefficient (Wildman–Crippen LogP) is 3.07. The second-order valence-corrected chi connectivity index (χ2v) is 6.14. The fraction of sp³-hybridized carbons (Fsp3) is 0.211. The summed E-state index contributed by atoms with van der Waals surface area (Å²) in [5.74, 6) is 0.367. The van der Waals surface area contributed by atoms with Gasteiger partial charge in [0.2, 0.25) is 0 Å². The number of aryl methyl sites for hydroxylation is 1. The number of nitrogens with zero attached hydrogens (tertiary/aromatic N) is 5. The van der Waals surface area contributed by atoms with E-state index in [-0.39, 0.29) is 11.9 Å². The Labute approximate surface area is 155 Å². The normalized spacial score (nSPS) is 12.4. The Morgan fingerprint density at radius 1 is 1.15 bits per heavy atom. The lowest BCUT2D eigenvalue weighted by Gasteiger charge is -2.20. The third-order valence-corrected chi connectivity index (χ3v) is 4.38. The summed E-state index contributed by atoms with van der Waals surface area (Å²) < 4.78 is 23.1. The predicted molar refractivity (Wildman–Crippen MR) is 99.8 cm³/mol. The van der Waals surface area contributed by atoms with Gasteiger partial charge in [-0.15, -0.1) is 0 Å². The fourth-order valence-electron chi connectivity index (χ4n) is 3.09. The summed E-state index contributed by atoms with van der Waals surface area (Å²) in [6.07, 6.45) is 3.40. The van der Waals surface area contributed by atoms with Gasteiger partial charge in [0, 0.05) is 38.1 Å². The second-order valence-electron chi connectivity index (χ2n) is 6.14. The van der Waals surface area contributed by atoms with E-state index in [1.165, 1.54) is 6.07 Å². The molecule has 0 spiro atoms. The molecule has 0 amide bonds. The number of fused-ring (bicyclic) bond motifs is 1. The smallest absolute Gasteiger partial charge is 0.157 e. The Hall–Kier alpha value is -3.26. The average molecular weight is 366 g/mol. The molecule has 3 aromatic heterocycles. The number of hydrogen-bond donors (Lipinski definition) is 1. The van der Waals surface area contributed by atoms with E-state index in [4.69, 9.17) is 4.74 Å². The maximum atomic E-state index is 14.3. The summed E-state index contributed by atoms with van der Waals surface area (Å²) in [6.45, 7) is 0.430. The number of halogens is 1. The Morgan fingerprint density at radius 2 is 1.96 bits per heavy atom. The van der Waals surface area contributed by atoms with Crippen LogP contribution in [0.15, 0.2) is 54.9 Å². The van der Waals surface area contributed by atoms with Gasteiger partial charge in [-0.2, -0.15) is 14.7 Å². The molecule has 1 unspecified atom stereocenters. The molecule has 0 fully saturated rings. The first kappa shape index (κ1) is 17.2. The summed E-state index contributed by atoms with van der Waals surface area (Å²) in [5, 5.41) is 12.0. The number of nitrogens with one attached hydrogen (secondary N) is 1. The highest BCUT2D eigenvalue weighted by atomic mass is 19.1. The lowest BCUT2D eigenvalue weighted by Crippen LogP contribution is -2.21. The van der Waals surface area contributed by atoms with Gasteiger partial charge in [0.15, 0.2) is 5.65 Å². The van der Waals surface area contributed by atoms with E-state index in [2.05, 4.69) is 20.5 Å². The molecule has 0 saturated carbocycles. The highest BCUT2D eigenvalue weighted by Crippen LogP contribution is 2.27. The highest BCUT2D eigenvalue weighted by molar-refractivity contribution is 5.67. The molecule has 1 N–H and O–H groups in total. The maximum Gasteiger partial charge on any atom is 0.157 e. The first-order valence-electron chi connectivity index (χ1n) is 8.50. The number of methoxy groups -OCH3 is 1. The van der Waals surface area contributed by atoms with Crippen LogP contribution in [0.5, 0.6) is 0 Å². The average Bonchev–Trinajstić information content (AvgIpc) is 3.30. The Morgan fingerprint density at radius 3 is 2.70 bits per heavy atom. The summed E-state index contributed by atoms with van der Waals surface area (Å²) in [4.78, 5) is 4.53. The molecular formula is C19H19FN6O. The largest absolute Gasteiger partial charge is 0.382 e. The van der Waals surface area contributed by atoms with E-state index in [9.17, 15) is 4.39 Å². The number of rotatable bonds is 6. The van der Waals surface area contributed by atoms with Crippen molar-refractivity contribution >= 4 is 11.5 Å². The Bertz CT molecular complexity index is 1070. The molecule has 8 heteroatoms. The van der Waals surface area contributed by atoms with Crippen LogP contribution in [-0.4, -0.2) is 38.1 Å². The molecule has 4 aromatic rings. The molecule has 7 nitrogen and oxygen atoms in total. The minimum Gasteiger partial charge on any atom is -0.382 e. The zero-order valence-electron chi connectivity index (χ0n) is 15.0. The quantitative estimate of drug-likeness (QED) is 0.568. The molecule has 0 radical (unpaired) electrons. The third-order valence-electron chi connectivity index (χ3n) is 4.38. The van der Waals surface area contributed by atoms with Gasteiger partial charge < -0.3 is 10.1 Å². The number of anilines is 1. The number of hydrogen-bond acceptors (Lipinski definition) is 5. The van der Waals surface area contributed by atoms with Crippen molar-refractivity contribution in [1.82, 2.24) is 24.4 Å². The molecule has 0 aliphatic heterocycles. The first-order chi connectivity index (χ1) is 13.2. The molecule has 27 heavy (non-hydrogen) atoms. The molecule has 4 rings (SSSR count). The number of benzene rings is 1. The van der Waals surface area contributed by atoms with E-state index >= 15 is 0 Å². The van der Waals surface area contributed by atoms with Crippen molar-refractivity contribution in [3.05, 3.63) is 66.4 Å². The summed E-state index contributed by atoms with van der Waals surface area (Å²) in [6, 6.07) is 11.9. The molecule has 0 aliphatic carbocycles. The van der Waals surface area contributed by atoms with E-state index in [1.54, 1.807) is 59.0 Å². The zero-order chi connectivity index (χ0) is 18.8. The summed E-state index contributed by atoms with van der Waals surface area (Å²) in [5.41, 5.74) is 2.55. The van der Waals surface area contributed by atoms with Crippen molar-refractivity contribution in [3.8, 4) is 11.3 Å². The van der Waals surface area contributed by atoms with Crippen LogP contribution in [0, 0.1) is 5.82 Å². The highest BCUT2D eigenvalue weighted by Gasteiger charge is 2.18. The molecule has 0 saturated heterocycles. The van der Waals surface area contributed by atoms with Crippen LogP contribution in [0.1, 0.15) is 11.7 Å². The maximum absolute atomic E-state index is 14.3. The van der Waals surface area contributed by atoms with Gasteiger partial charge in [0.05, 0.1) is 30.2 Å². The number of aromatic nitrogens is 5. The van der Waals surface area contributed by atoms with Crippen LogP contribution < -0.4 is 5.32 Å². The van der Waals surface area contributed by atoms with Gasteiger partial charge >= 0.3 is 0 Å². The fourth-order valence-corrected chi connectivity index (χ4v) is 3.09. The van der Waals surface area contributed by atoms with Crippen LogP contribution in [0.4, 0.5) is 10.2 Å². The first-order valence-corrected chi connectivity index (χ1v) is 8.50. The minimum atomic E-state index is -0.320. The monoisotopic (exact) mass is 366 g/mol. The van der Waals surface area contributed by atoms with Crippen molar-refractivity contribution in [3.63, 3.8) is 0 Å². The summed E-state index contributed by atoms with van der Waals surface area (Å²) in [7, 11) is 3.52. The van der Waals surface area contributed by atoms with Gasteiger partial charge in [0.25, 0.3) is 0 Å². The van der Waals surface area contributed by atoms with Crippen LogP contribution in [0.3, 0.4) is 0 Å². The van der Waals surface area contributed by atoms with Gasteiger partial charge in [-0.25, -0.2) is 9.37 Å². The molecular weight excluding hydrogens is 347 g/mol. The van der Waals surface area contributed by atoms with E-state index in [0.717, 1.165) is 5.69 Å². The van der Waals surface area contributed by atoms with Crippen molar-refractivity contribution < 1.29 is 9.13 Å². The minimum absolute atomic E-state index is 0.161. The van der Waals surface area contributed by atoms with Crippen LogP contribution in [0.25, 0.3) is 16.9 Å². The molecule has 3 heterocycles. The topological polar surface area (TPSA) is 69.3 Å². The SMILES string of the molecule is COCC(Nc1cc(-c2ccccc2F)nc2ccnn12)c1ccnn1C. The van der Waals surface area contributed by atoms with Gasteiger partial charge in [-0.1, -0.05) is 12.1 Å². The van der Waals surface area contributed by atoms with Gasteiger partial charge in [-0.3, -0.25) is 4.68 Å². The standard InChI is InChI=1S/C19H19FN6O/c1-25-17(7-9-21-25)16(12-27-2)24-19-11-15(13-5-3-4-6-14(13)20)23-18-8-10-22-26(18)19/h3-11,16,24H,12H2,1-2H3. The van der Waals surface area contributed by atoms with Crippen molar-refractivity contribution in [2.75, 3.05) is 19.0 Å². The lowest BCUT2D eigenvalue weighted by atomic mass is 10.1. The molecule has 138 valence electrons. The lowest BCUT2D eigenvalue weighted by molar-refractivity contribution is 0.184. The zero-order valence-corrected chi connectivity index (χ0v) is 15.0. The van der Waals surface area contributed by atoms with Gasteiger partial charge in [-0.05, 0) is 18.2 Å². The Kier molecular flexibility index (Phi) is 4.55. The van der Waals surface area contributed by atoms with E-state index < -0.39 is 0 Å². The van der Waals surface area contributed by atoms with Crippen LogP contribution >= 0.6 is 0 Å². The third kappa shape index (κ3) is 3.26. The van der Waals surface area contributed by atoms with Crippen molar-refractivity contribution in [2.45, 2.75) is 6.04 Å². The van der Waals surface area contributed by atoms with E-state index in [0.29, 0.717) is 29.3 Å². The van der Waals surface area contributed by atoms with Gasteiger partial charge in [0.1, 0.15) is 11.6 Å².